The molecular weight excluding hydrogens is 358 g/mol. The minimum atomic E-state index is -0.438. The highest BCUT2D eigenvalue weighted by molar-refractivity contribution is 6.00. The maximum Gasteiger partial charge on any atom is 0.339 e. The van der Waals surface area contributed by atoms with E-state index in [9.17, 15) is 9.59 Å². The highest BCUT2D eigenvalue weighted by Crippen LogP contribution is 2.23. The van der Waals surface area contributed by atoms with E-state index in [2.05, 4.69) is 10.3 Å². The summed E-state index contributed by atoms with van der Waals surface area (Å²) in [5, 5.41) is 2.97. The third-order valence-electron chi connectivity index (χ3n) is 4.86. The third kappa shape index (κ3) is 4.54. The lowest BCUT2D eigenvalue weighted by molar-refractivity contribution is 0.0599. The number of rotatable bonds is 8. The molecule has 0 bridgehead atoms. The number of H-pyrrole nitrogens is 1. The van der Waals surface area contributed by atoms with Crippen molar-refractivity contribution >= 4 is 11.9 Å². The van der Waals surface area contributed by atoms with E-state index in [-0.39, 0.29) is 11.9 Å². The second-order valence-corrected chi connectivity index (χ2v) is 6.79. The number of amides is 1. The van der Waals surface area contributed by atoms with Crippen LogP contribution in [0.4, 0.5) is 0 Å². The van der Waals surface area contributed by atoms with Gasteiger partial charge in [0.15, 0.2) is 0 Å². The number of methoxy groups -OCH3 is 2. The molecule has 0 aliphatic heterocycles. The van der Waals surface area contributed by atoms with Crippen LogP contribution in [0.2, 0.25) is 0 Å². The first kappa shape index (κ1) is 21.5. The van der Waals surface area contributed by atoms with Crippen molar-refractivity contribution in [3.8, 4) is 5.75 Å². The Kier molecular flexibility index (Phi) is 7.23. The van der Waals surface area contributed by atoms with E-state index >= 15 is 0 Å². The summed E-state index contributed by atoms with van der Waals surface area (Å²) < 4.78 is 10.2. The number of carbonyl (C=O) groups excluding carboxylic acids is 2. The molecule has 0 saturated heterocycles. The van der Waals surface area contributed by atoms with Crippen LogP contribution < -0.4 is 10.1 Å². The van der Waals surface area contributed by atoms with Gasteiger partial charge in [-0.2, -0.15) is 0 Å². The number of benzene rings is 1. The summed E-state index contributed by atoms with van der Waals surface area (Å²) in [7, 11) is 6.88. The Morgan fingerprint density at radius 2 is 1.96 bits per heavy atom. The zero-order valence-electron chi connectivity index (χ0n) is 17.4. The molecular formula is C21H29N3O4. The Labute approximate surface area is 166 Å². The van der Waals surface area contributed by atoms with Gasteiger partial charge in [0.05, 0.1) is 25.8 Å². The minimum Gasteiger partial charge on any atom is -0.497 e. The topological polar surface area (TPSA) is 83.7 Å². The van der Waals surface area contributed by atoms with Crippen molar-refractivity contribution in [2.75, 3.05) is 34.9 Å². The first-order valence-electron chi connectivity index (χ1n) is 9.22. The van der Waals surface area contributed by atoms with Crippen LogP contribution in [0, 0.1) is 6.92 Å². The number of hydrogen-bond acceptors (Lipinski definition) is 5. The first-order chi connectivity index (χ1) is 13.3. The van der Waals surface area contributed by atoms with Gasteiger partial charge in [0.25, 0.3) is 5.91 Å². The highest BCUT2D eigenvalue weighted by Gasteiger charge is 2.24. The Bertz CT molecular complexity index is 842. The molecule has 1 unspecified atom stereocenters. The summed E-state index contributed by atoms with van der Waals surface area (Å²) in [5.74, 6) is 0.0792. The molecule has 1 atom stereocenters. The van der Waals surface area contributed by atoms with Gasteiger partial charge in [0.1, 0.15) is 11.4 Å². The average molecular weight is 387 g/mol. The molecule has 2 aromatic rings. The number of ether oxygens (including phenoxy) is 2. The van der Waals surface area contributed by atoms with Crippen molar-refractivity contribution in [1.29, 1.82) is 0 Å². The maximum atomic E-state index is 12.8. The molecule has 2 rings (SSSR count). The molecule has 28 heavy (non-hydrogen) atoms. The lowest BCUT2D eigenvalue weighted by Gasteiger charge is -2.25. The quantitative estimate of drug-likeness (QED) is 0.681. The summed E-state index contributed by atoms with van der Waals surface area (Å²) in [6.45, 7) is 4.08. The molecule has 0 saturated carbocycles. The molecule has 0 fully saturated rings. The molecule has 1 heterocycles. The standard InChI is InChI=1S/C21H29N3O4/c1-7-16-18(21(26)28-6)13(2)19(23-16)20(25)22-12-17(24(3)4)14-9-8-10-15(11-14)27-5/h8-11,17,23H,7,12H2,1-6H3,(H,22,25). The van der Waals surface area contributed by atoms with E-state index in [4.69, 9.17) is 9.47 Å². The third-order valence-corrected chi connectivity index (χ3v) is 4.86. The van der Waals surface area contributed by atoms with Gasteiger partial charge in [-0.15, -0.1) is 0 Å². The van der Waals surface area contributed by atoms with Crippen molar-refractivity contribution in [3.63, 3.8) is 0 Å². The minimum absolute atomic E-state index is 0.0277. The van der Waals surface area contributed by atoms with E-state index in [1.807, 2.05) is 50.2 Å². The number of esters is 1. The zero-order valence-corrected chi connectivity index (χ0v) is 17.4. The molecule has 0 aliphatic rings. The number of aryl methyl sites for hydroxylation is 1. The van der Waals surface area contributed by atoms with Crippen LogP contribution in [0.25, 0.3) is 0 Å². The van der Waals surface area contributed by atoms with Crippen molar-refractivity contribution < 1.29 is 19.1 Å². The van der Waals surface area contributed by atoms with Gasteiger partial charge in [0, 0.05) is 12.2 Å². The lowest BCUT2D eigenvalue weighted by Crippen LogP contribution is -2.35. The van der Waals surface area contributed by atoms with E-state index in [1.165, 1.54) is 7.11 Å². The molecule has 0 aliphatic carbocycles. The van der Waals surface area contributed by atoms with Gasteiger partial charge in [-0.1, -0.05) is 19.1 Å². The molecule has 7 nitrogen and oxygen atoms in total. The Hall–Kier alpha value is -2.80. The van der Waals surface area contributed by atoms with E-state index in [1.54, 1.807) is 14.0 Å². The number of aromatic nitrogens is 1. The molecule has 0 radical (unpaired) electrons. The first-order valence-corrected chi connectivity index (χ1v) is 9.22. The van der Waals surface area contributed by atoms with Crippen LogP contribution in [0.15, 0.2) is 24.3 Å². The molecule has 1 aromatic heterocycles. The summed E-state index contributed by atoms with van der Waals surface area (Å²) in [4.78, 5) is 30.0. The van der Waals surface area contributed by atoms with E-state index in [0.717, 1.165) is 11.3 Å². The largest absolute Gasteiger partial charge is 0.497 e. The predicted octanol–water partition coefficient (Wildman–Crippen LogP) is 2.71. The molecule has 0 spiro atoms. The monoisotopic (exact) mass is 387 g/mol. The Morgan fingerprint density at radius 1 is 1.25 bits per heavy atom. The van der Waals surface area contributed by atoms with Crippen molar-refractivity contribution in [2.45, 2.75) is 26.3 Å². The van der Waals surface area contributed by atoms with Crippen LogP contribution in [-0.2, 0) is 11.2 Å². The fourth-order valence-electron chi connectivity index (χ4n) is 3.25. The number of nitrogens with zero attached hydrogens (tertiary/aromatic N) is 1. The highest BCUT2D eigenvalue weighted by atomic mass is 16.5. The predicted molar refractivity (Wildman–Crippen MR) is 108 cm³/mol. The van der Waals surface area contributed by atoms with Gasteiger partial charge < -0.3 is 24.7 Å². The number of likely N-dealkylation sites (N-methyl/N-ethyl adjacent to an activating group) is 1. The van der Waals surface area contributed by atoms with Crippen LogP contribution in [0.3, 0.4) is 0 Å². The van der Waals surface area contributed by atoms with E-state index < -0.39 is 5.97 Å². The second-order valence-electron chi connectivity index (χ2n) is 6.79. The molecule has 2 N–H and O–H groups in total. The van der Waals surface area contributed by atoms with Crippen LogP contribution in [-0.4, -0.2) is 56.6 Å². The zero-order chi connectivity index (χ0) is 20.8. The fraction of sp³-hybridized carbons (Fsp3) is 0.429. The smallest absolute Gasteiger partial charge is 0.339 e. The number of nitrogens with one attached hydrogen (secondary N) is 2. The summed E-state index contributed by atoms with van der Waals surface area (Å²) >= 11 is 0. The maximum absolute atomic E-state index is 12.8. The molecule has 7 heteroatoms. The average Bonchev–Trinajstić information content (AvgIpc) is 3.03. The number of hydrogen-bond donors (Lipinski definition) is 2. The van der Waals surface area contributed by atoms with Gasteiger partial charge in [0.2, 0.25) is 0 Å². The van der Waals surface area contributed by atoms with Gasteiger partial charge in [-0.05, 0) is 50.7 Å². The van der Waals surface area contributed by atoms with Crippen molar-refractivity contribution in [3.05, 3.63) is 52.3 Å². The lowest BCUT2D eigenvalue weighted by atomic mass is 10.1. The Morgan fingerprint density at radius 3 is 2.54 bits per heavy atom. The second kappa shape index (κ2) is 9.41. The Balaban J connectivity index is 2.21. The fourth-order valence-corrected chi connectivity index (χ4v) is 3.25. The molecule has 1 aromatic carbocycles. The number of carbonyl (C=O) groups is 2. The van der Waals surface area contributed by atoms with Gasteiger partial charge in [-0.25, -0.2) is 4.79 Å². The van der Waals surface area contributed by atoms with Crippen molar-refractivity contribution in [1.82, 2.24) is 15.2 Å². The summed E-state index contributed by atoms with van der Waals surface area (Å²) in [6.07, 6.45) is 0.600. The van der Waals surface area contributed by atoms with Crippen LogP contribution >= 0.6 is 0 Å². The summed E-state index contributed by atoms with van der Waals surface area (Å²) in [6, 6.07) is 7.75. The van der Waals surface area contributed by atoms with Gasteiger partial charge in [-0.3, -0.25) is 4.79 Å². The normalized spacial score (nSPS) is 12.0. The van der Waals surface area contributed by atoms with Crippen LogP contribution in [0.1, 0.15) is 50.6 Å². The van der Waals surface area contributed by atoms with E-state index in [0.29, 0.717) is 35.5 Å². The SMILES string of the molecule is CCc1[nH]c(C(=O)NCC(c2cccc(OC)c2)N(C)C)c(C)c1C(=O)OC. The van der Waals surface area contributed by atoms with Crippen molar-refractivity contribution in [2.24, 2.45) is 0 Å². The van der Waals surface area contributed by atoms with Gasteiger partial charge >= 0.3 is 5.97 Å². The molecule has 152 valence electrons. The molecule has 1 amide bonds. The summed E-state index contributed by atoms with van der Waals surface area (Å²) in [5.41, 5.74) is 3.17. The van der Waals surface area contributed by atoms with Crippen LogP contribution in [0.5, 0.6) is 5.75 Å². The number of aromatic amines is 1.